The van der Waals surface area contributed by atoms with Gasteiger partial charge in [-0.3, -0.25) is 0 Å². The largest absolute Gasteiger partial charge is 0.490 e. The molecule has 19 heavy (non-hydrogen) atoms. The number of aliphatic hydroxyl groups is 1. The van der Waals surface area contributed by atoms with Crippen molar-refractivity contribution >= 4 is 0 Å². The van der Waals surface area contributed by atoms with Crippen LogP contribution in [0, 0.1) is 0 Å². The maximum absolute atomic E-state index is 9.60. The summed E-state index contributed by atoms with van der Waals surface area (Å²) in [5.74, 6) is 0.953. The van der Waals surface area contributed by atoms with Crippen LogP contribution in [0.5, 0.6) is 5.75 Å². The quantitative estimate of drug-likeness (QED) is 0.828. The van der Waals surface area contributed by atoms with E-state index in [4.69, 9.17) is 4.74 Å². The number of aliphatic hydroxyl groups excluding tert-OH is 1. The molecule has 2 N–H and O–H groups in total. The monoisotopic (exact) mass is 263 g/mol. The second-order valence-electron chi connectivity index (χ2n) is 5.45. The summed E-state index contributed by atoms with van der Waals surface area (Å²) < 4.78 is 6.07. The van der Waals surface area contributed by atoms with Crippen LogP contribution in [0.2, 0.25) is 0 Å². The van der Waals surface area contributed by atoms with E-state index in [2.05, 4.69) is 31.3 Å². The highest BCUT2D eigenvalue weighted by molar-refractivity contribution is 5.28. The third kappa shape index (κ3) is 3.48. The van der Waals surface area contributed by atoms with Crippen LogP contribution in [0.4, 0.5) is 0 Å². The highest BCUT2D eigenvalue weighted by atomic mass is 16.5. The first-order valence-electron chi connectivity index (χ1n) is 7.33. The first kappa shape index (κ1) is 14.4. The number of nitrogens with one attached hydrogen (secondary N) is 1. The Kier molecular flexibility index (Phi) is 4.83. The Morgan fingerprint density at radius 3 is 2.95 bits per heavy atom. The molecule has 1 aliphatic rings. The van der Waals surface area contributed by atoms with E-state index in [1.807, 2.05) is 12.1 Å². The molecule has 1 saturated carbocycles. The van der Waals surface area contributed by atoms with Crippen LogP contribution < -0.4 is 10.1 Å². The first-order valence-corrected chi connectivity index (χ1v) is 7.33. The van der Waals surface area contributed by atoms with Crippen LogP contribution in [-0.4, -0.2) is 29.9 Å². The number of benzene rings is 1. The molecule has 2 rings (SSSR count). The molecule has 0 aromatic heterocycles. The summed E-state index contributed by atoms with van der Waals surface area (Å²) in [6.07, 6.45) is 4.10. The van der Waals surface area contributed by atoms with E-state index >= 15 is 0 Å². The van der Waals surface area contributed by atoms with E-state index in [0.29, 0.717) is 0 Å². The van der Waals surface area contributed by atoms with Crippen LogP contribution >= 0.6 is 0 Å². The van der Waals surface area contributed by atoms with Gasteiger partial charge in [-0.15, -0.1) is 0 Å². The maximum atomic E-state index is 9.60. The van der Waals surface area contributed by atoms with Gasteiger partial charge in [-0.05, 0) is 43.5 Å². The number of hydrogen-bond acceptors (Lipinski definition) is 3. The van der Waals surface area contributed by atoms with Gasteiger partial charge < -0.3 is 15.2 Å². The summed E-state index contributed by atoms with van der Waals surface area (Å²) >= 11 is 0. The maximum Gasteiger partial charge on any atom is 0.119 e. The van der Waals surface area contributed by atoms with Gasteiger partial charge >= 0.3 is 0 Å². The molecule has 0 saturated heterocycles. The second-order valence-corrected chi connectivity index (χ2v) is 5.45. The van der Waals surface area contributed by atoms with Crippen molar-refractivity contribution < 1.29 is 9.84 Å². The SMILES string of the molecule is CCNC1(CO)CCC(Oc2cccc(CC)c2)C1. The smallest absolute Gasteiger partial charge is 0.119 e. The van der Waals surface area contributed by atoms with E-state index in [1.54, 1.807) is 0 Å². The van der Waals surface area contributed by atoms with E-state index in [0.717, 1.165) is 38.0 Å². The van der Waals surface area contributed by atoms with Gasteiger partial charge in [-0.25, -0.2) is 0 Å². The molecule has 0 bridgehead atoms. The highest BCUT2D eigenvalue weighted by Crippen LogP contribution is 2.32. The summed E-state index contributed by atoms with van der Waals surface area (Å²) in [5.41, 5.74) is 1.16. The van der Waals surface area contributed by atoms with Crippen LogP contribution in [0.1, 0.15) is 38.7 Å². The normalized spacial score (nSPS) is 26.6. The molecule has 2 atom stereocenters. The van der Waals surface area contributed by atoms with Crippen molar-refractivity contribution in [2.24, 2.45) is 0 Å². The third-order valence-corrected chi connectivity index (χ3v) is 4.03. The fourth-order valence-electron chi connectivity index (χ4n) is 2.94. The van der Waals surface area contributed by atoms with Crippen LogP contribution in [0.3, 0.4) is 0 Å². The molecular formula is C16H25NO2. The van der Waals surface area contributed by atoms with E-state index < -0.39 is 0 Å². The van der Waals surface area contributed by atoms with Crippen molar-refractivity contribution in [1.82, 2.24) is 5.32 Å². The minimum Gasteiger partial charge on any atom is -0.490 e. The second kappa shape index (κ2) is 6.40. The van der Waals surface area contributed by atoms with Crippen molar-refractivity contribution in [3.63, 3.8) is 0 Å². The van der Waals surface area contributed by atoms with Crippen LogP contribution in [-0.2, 0) is 6.42 Å². The zero-order valence-electron chi connectivity index (χ0n) is 12.0. The molecule has 2 unspecified atom stereocenters. The molecular weight excluding hydrogens is 238 g/mol. The Morgan fingerprint density at radius 1 is 1.42 bits per heavy atom. The zero-order chi connectivity index (χ0) is 13.7. The average molecular weight is 263 g/mol. The Bertz CT molecular complexity index is 407. The van der Waals surface area contributed by atoms with Gasteiger partial charge in [0.25, 0.3) is 0 Å². The molecule has 0 aliphatic heterocycles. The highest BCUT2D eigenvalue weighted by Gasteiger charge is 2.39. The number of aryl methyl sites for hydroxylation is 1. The zero-order valence-corrected chi connectivity index (χ0v) is 12.0. The molecule has 0 radical (unpaired) electrons. The Labute approximate surface area is 116 Å². The topological polar surface area (TPSA) is 41.5 Å². The predicted molar refractivity (Wildman–Crippen MR) is 77.6 cm³/mol. The molecule has 1 aromatic rings. The Hall–Kier alpha value is -1.06. The summed E-state index contributed by atoms with van der Waals surface area (Å²) in [5, 5.41) is 13.0. The van der Waals surface area contributed by atoms with Crippen molar-refractivity contribution in [2.45, 2.75) is 51.2 Å². The fraction of sp³-hybridized carbons (Fsp3) is 0.625. The van der Waals surface area contributed by atoms with Crippen molar-refractivity contribution in [2.75, 3.05) is 13.2 Å². The number of hydrogen-bond donors (Lipinski definition) is 2. The Balaban J connectivity index is 1.97. The van der Waals surface area contributed by atoms with Gasteiger partial charge in [-0.1, -0.05) is 26.0 Å². The standard InChI is InChI=1S/C16H25NO2/c1-3-13-6-5-7-14(10-13)19-15-8-9-16(11-15,12-18)17-4-2/h5-7,10,15,17-18H,3-4,8-9,11-12H2,1-2H3. The summed E-state index contributed by atoms with van der Waals surface area (Å²) in [7, 11) is 0. The predicted octanol–water partition coefficient (Wildman–Crippen LogP) is 2.52. The molecule has 3 nitrogen and oxygen atoms in total. The van der Waals surface area contributed by atoms with Crippen molar-refractivity contribution in [3.8, 4) is 5.75 Å². The third-order valence-electron chi connectivity index (χ3n) is 4.03. The fourth-order valence-corrected chi connectivity index (χ4v) is 2.94. The van der Waals surface area contributed by atoms with Crippen molar-refractivity contribution in [3.05, 3.63) is 29.8 Å². The van der Waals surface area contributed by atoms with Crippen molar-refractivity contribution in [1.29, 1.82) is 0 Å². The molecule has 1 aliphatic carbocycles. The lowest BCUT2D eigenvalue weighted by Crippen LogP contribution is -2.46. The molecule has 0 spiro atoms. The van der Waals surface area contributed by atoms with Gasteiger partial charge in [-0.2, -0.15) is 0 Å². The lowest BCUT2D eigenvalue weighted by Gasteiger charge is -2.27. The van der Waals surface area contributed by atoms with E-state index in [9.17, 15) is 5.11 Å². The van der Waals surface area contributed by atoms with Gasteiger partial charge in [0.15, 0.2) is 0 Å². The van der Waals surface area contributed by atoms with Gasteiger partial charge in [0.05, 0.1) is 6.61 Å². The number of ether oxygens (including phenoxy) is 1. The molecule has 1 aromatic carbocycles. The molecule has 106 valence electrons. The molecule has 0 heterocycles. The van der Waals surface area contributed by atoms with E-state index in [-0.39, 0.29) is 18.2 Å². The first-order chi connectivity index (χ1) is 9.21. The average Bonchev–Trinajstić information content (AvgIpc) is 2.83. The van der Waals surface area contributed by atoms with Gasteiger partial charge in [0, 0.05) is 12.0 Å². The van der Waals surface area contributed by atoms with E-state index in [1.165, 1.54) is 5.56 Å². The minimum atomic E-state index is -0.137. The minimum absolute atomic E-state index is 0.137. The van der Waals surface area contributed by atoms with Crippen LogP contribution in [0.15, 0.2) is 24.3 Å². The van der Waals surface area contributed by atoms with Gasteiger partial charge in [0.2, 0.25) is 0 Å². The number of rotatable bonds is 6. The lowest BCUT2D eigenvalue weighted by atomic mass is 9.99. The molecule has 0 amide bonds. The lowest BCUT2D eigenvalue weighted by molar-refractivity contribution is 0.142. The summed E-state index contributed by atoms with van der Waals surface area (Å²) in [4.78, 5) is 0. The Morgan fingerprint density at radius 2 is 2.26 bits per heavy atom. The molecule has 3 heteroatoms. The summed E-state index contributed by atoms with van der Waals surface area (Å²) in [6.45, 7) is 5.31. The van der Waals surface area contributed by atoms with Crippen LogP contribution in [0.25, 0.3) is 0 Å². The number of likely N-dealkylation sites (N-methyl/N-ethyl adjacent to an activating group) is 1. The molecule has 1 fully saturated rings. The van der Waals surface area contributed by atoms with Gasteiger partial charge in [0.1, 0.15) is 11.9 Å². The summed E-state index contributed by atoms with van der Waals surface area (Å²) in [6, 6.07) is 8.31.